The van der Waals surface area contributed by atoms with Crippen LogP contribution in [0.2, 0.25) is 0 Å². The van der Waals surface area contributed by atoms with E-state index in [1.165, 1.54) is 7.11 Å². The molecule has 1 amide bonds. The summed E-state index contributed by atoms with van der Waals surface area (Å²) < 4.78 is 6.48. The van der Waals surface area contributed by atoms with Gasteiger partial charge in [-0.2, -0.15) is 0 Å². The summed E-state index contributed by atoms with van der Waals surface area (Å²) in [5.41, 5.74) is -0.474. The minimum absolute atomic E-state index is 0.0481. The van der Waals surface area contributed by atoms with Crippen molar-refractivity contribution in [2.24, 2.45) is 0 Å². The third-order valence-corrected chi connectivity index (χ3v) is 5.02. The maximum absolute atomic E-state index is 12.9. The lowest BCUT2D eigenvalue weighted by Gasteiger charge is -2.38. The Morgan fingerprint density at radius 1 is 1.31 bits per heavy atom. The van der Waals surface area contributed by atoms with Gasteiger partial charge in [-0.15, -0.1) is 0 Å². The minimum Gasteiger partial charge on any atom is -0.388 e. The number of fused-ring (bicyclic) bond motifs is 1. The largest absolute Gasteiger partial charge is 0.388 e. The zero-order valence-electron chi connectivity index (χ0n) is 15.3. The Bertz CT molecular complexity index is 853. The van der Waals surface area contributed by atoms with E-state index in [0.29, 0.717) is 49.1 Å². The standard InChI is InChI=1S/C19H25N3O4/c1-3-16-20-15-7-5-4-6-14(15)18(24)22(16)13-19(25)8-10-21(11-9-19)17(23)12-26-2/h4-7,25H,3,8-13H2,1-2H3. The number of rotatable bonds is 5. The number of ether oxygens (including phenoxy) is 1. The van der Waals surface area contributed by atoms with E-state index < -0.39 is 5.60 Å². The van der Waals surface area contributed by atoms with E-state index in [0.717, 1.165) is 0 Å². The highest BCUT2D eigenvalue weighted by Crippen LogP contribution is 2.24. The van der Waals surface area contributed by atoms with Crippen LogP contribution in [0.5, 0.6) is 0 Å². The number of piperidine rings is 1. The van der Waals surface area contributed by atoms with Gasteiger partial charge in [-0.25, -0.2) is 4.98 Å². The van der Waals surface area contributed by atoms with Gasteiger partial charge < -0.3 is 14.7 Å². The van der Waals surface area contributed by atoms with Gasteiger partial charge in [0.15, 0.2) is 0 Å². The third-order valence-electron chi connectivity index (χ3n) is 5.02. The van der Waals surface area contributed by atoms with Crippen molar-refractivity contribution in [3.05, 3.63) is 40.4 Å². The first-order valence-corrected chi connectivity index (χ1v) is 8.95. The Labute approximate surface area is 152 Å². The Balaban J connectivity index is 1.84. The number of para-hydroxylation sites is 1. The molecule has 140 valence electrons. The highest BCUT2D eigenvalue weighted by molar-refractivity contribution is 5.78. The van der Waals surface area contributed by atoms with Gasteiger partial charge in [0.1, 0.15) is 12.4 Å². The predicted octanol–water partition coefficient (Wildman–Crippen LogP) is 0.959. The molecule has 1 aromatic heterocycles. The molecule has 26 heavy (non-hydrogen) atoms. The zero-order chi connectivity index (χ0) is 18.7. The first-order chi connectivity index (χ1) is 12.5. The zero-order valence-corrected chi connectivity index (χ0v) is 15.3. The smallest absolute Gasteiger partial charge is 0.261 e. The number of benzene rings is 1. The molecule has 1 fully saturated rings. The summed E-state index contributed by atoms with van der Waals surface area (Å²) in [5, 5.41) is 11.6. The Morgan fingerprint density at radius 3 is 2.65 bits per heavy atom. The number of hydrogen-bond donors (Lipinski definition) is 1. The van der Waals surface area contributed by atoms with Gasteiger partial charge in [0.2, 0.25) is 5.91 Å². The molecule has 0 saturated carbocycles. The van der Waals surface area contributed by atoms with Gasteiger partial charge in [0.25, 0.3) is 5.56 Å². The highest BCUT2D eigenvalue weighted by Gasteiger charge is 2.35. The number of aliphatic hydroxyl groups is 1. The molecule has 0 unspecified atom stereocenters. The summed E-state index contributed by atoms with van der Waals surface area (Å²) >= 11 is 0. The summed E-state index contributed by atoms with van der Waals surface area (Å²) in [6, 6.07) is 7.26. The number of aryl methyl sites for hydroxylation is 1. The lowest BCUT2D eigenvalue weighted by molar-refractivity contribution is -0.139. The molecule has 0 radical (unpaired) electrons. The Kier molecular flexibility index (Phi) is 5.38. The van der Waals surface area contributed by atoms with Crippen molar-refractivity contribution in [1.29, 1.82) is 0 Å². The first-order valence-electron chi connectivity index (χ1n) is 8.95. The number of amides is 1. The van der Waals surface area contributed by atoms with Crippen molar-refractivity contribution in [1.82, 2.24) is 14.5 Å². The number of methoxy groups -OCH3 is 1. The van der Waals surface area contributed by atoms with E-state index in [4.69, 9.17) is 4.74 Å². The van der Waals surface area contributed by atoms with Crippen LogP contribution in [0.25, 0.3) is 10.9 Å². The average Bonchev–Trinajstić information content (AvgIpc) is 2.64. The van der Waals surface area contributed by atoms with E-state index in [9.17, 15) is 14.7 Å². The fourth-order valence-electron chi connectivity index (χ4n) is 3.49. The summed E-state index contributed by atoms with van der Waals surface area (Å²) in [7, 11) is 1.49. The monoisotopic (exact) mass is 359 g/mol. The van der Waals surface area contributed by atoms with E-state index in [1.54, 1.807) is 15.5 Å². The molecule has 7 heteroatoms. The summed E-state index contributed by atoms with van der Waals surface area (Å²) in [5.74, 6) is 0.591. The Hall–Kier alpha value is -2.25. The van der Waals surface area contributed by atoms with E-state index >= 15 is 0 Å². The Morgan fingerprint density at radius 2 is 2.00 bits per heavy atom. The fraction of sp³-hybridized carbons (Fsp3) is 0.526. The van der Waals surface area contributed by atoms with Crippen molar-refractivity contribution in [3.8, 4) is 0 Å². The van der Waals surface area contributed by atoms with E-state index in [1.807, 2.05) is 25.1 Å². The van der Waals surface area contributed by atoms with Gasteiger partial charge in [0.05, 0.1) is 23.0 Å². The maximum Gasteiger partial charge on any atom is 0.261 e. The first kappa shape index (κ1) is 18.5. The molecule has 2 heterocycles. The summed E-state index contributed by atoms with van der Waals surface area (Å²) in [4.78, 5) is 31.1. The third kappa shape index (κ3) is 3.64. The molecule has 1 aliphatic rings. The molecule has 1 aromatic carbocycles. The van der Waals surface area contributed by atoms with Crippen LogP contribution < -0.4 is 5.56 Å². The van der Waals surface area contributed by atoms with Crippen molar-refractivity contribution in [2.75, 3.05) is 26.8 Å². The van der Waals surface area contributed by atoms with Crippen molar-refractivity contribution in [2.45, 2.75) is 38.3 Å². The van der Waals surface area contributed by atoms with Gasteiger partial charge in [-0.3, -0.25) is 14.2 Å². The number of hydrogen-bond acceptors (Lipinski definition) is 5. The molecule has 0 atom stereocenters. The normalized spacial score (nSPS) is 16.8. The second kappa shape index (κ2) is 7.55. The van der Waals surface area contributed by atoms with Crippen LogP contribution in [0, 0.1) is 0 Å². The van der Waals surface area contributed by atoms with Crippen molar-refractivity contribution in [3.63, 3.8) is 0 Å². The molecule has 1 saturated heterocycles. The van der Waals surface area contributed by atoms with Crippen molar-refractivity contribution < 1.29 is 14.6 Å². The van der Waals surface area contributed by atoms with Gasteiger partial charge in [-0.05, 0) is 25.0 Å². The highest BCUT2D eigenvalue weighted by atomic mass is 16.5. The fourth-order valence-corrected chi connectivity index (χ4v) is 3.49. The molecular weight excluding hydrogens is 334 g/mol. The molecule has 1 N–H and O–H groups in total. The summed E-state index contributed by atoms with van der Waals surface area (Å²) in [6.07, 6.45) is 1.45. The molecule has 2 aromatic rings. The van der Waals surface area contributed by atoms with Crippen LogP contribution in [0.4, 0.5) is 0 Å². The number of carbonyl (C=O) groups is 1. The van der Waals surface area contributed by atoms with Crippen LogP contribution in [0.3, 0.4) is 0 Å². The van der Waals surface area contributed by atoms with Gasteiger partial charge in [-0.1, -0.05) is 19.1 Å². The second-order valence-electron chi connectivity index (χ2n) is 6.83. The predicted molar refractivity (Wildman–Crippen MR) is 98.0 cm³/mol. The minimum atomic E-state index is -1.03. The topological polar surface area (TPSA) is 84.7 Å². The lowest BCUT2D eigenvalue weighted by Crippen LogP contribution is -2.50. The van der Waals surface area contributed by atoms with Crippen LogP contribution in [0.15, 0.2) is 29.1 Å². The SMILES string of the molecule is CCc1nc2ccccc2c(=O)n1CC1(O)CCN(C(=O)COC)CC1. The van der Waals surface area contributed by atoms with Crippen molar-refractivity contribution >= 4 is 16.8 Å². The number of nitrogens with zero attached hydrogens (tertiary/aromatic N) is 3. The summed E-state index contributed by atoms with van der Waals surface area (Å²) in [6.45, 7) is 3.10. The quantitative estimate of drug-likeness (QED) is 0.860. The molecule has 0 bridgehead atoms. The van der Waals surface area contributed by atoms with Crippen LogP contribution in [-0.4, -0.2) is 57.9 Å². The average molecular weight is 359 g/mol. The maximum atomic E-state index is 12.9. The van der Waals surface area contributed by atoms with Crippen LogP contribution in [-0.2, 0) is 22.5 Å². The molecule has 1 aliphatic heterocycles. The lowest BCUT2D eigenvalue weighted by atomic mass is 9.91. The molecule has 7 nitrogen and oxygen atoms in total. The molecular formula is C19H25N3O4. The van der Waals surface area contributed by atoms with Gasteiger partial charge in [0, 0.05) is 26.6 Å². The number of likely N-dealkylation sites (tertiary alicyclic amines) is 1. The van der Waals surface area contributed by atoms with E-state index in [2.05, 4.69) is 4.98 Å². The second-order valence-corrected chi connectivity index (χ2v) is 6.83. The van der Waals surface area contributed by atoms with E-state index in [-0.39, 0.29) is 24.6 Å². The van der Waals surface area contributed by atoms with Crippen LogP contribution in [0.1, 0.15) is 25.6 Å². The van der Waals surface area contributed by atoms with Gasteiger partial charge >= 0.3 is 0 Å². The van der Waals surface area contributed by atoms with Crippen LogP contribution >= 0.6 is 0 Å². The molecule has 0 aliphatic carbocycles. The molecule has 3 rings (SSSR count). The number of aromatic nitrogens is 2. The molecule has 0 spiro atoms. The number of carbonyl (C=O) groups excluding carboxylic acids is 1.